The van der Waals surface area contributed by atoms with Crippen molar-refractivity contribution < 1.29 is 23.4 Å². The maximum atomic E-state index is 12.6. The first-order valence-corrected chi connectivity index (χ1v) is 13.0. The van der Waals surface area contributed by atoms with Crippen LogP contribution in [0.3, 0.4) is 0 Å². The van der Waals surface area contributed by atoms with E-state index in [0.717, 1.165) is 0 Å². The van der Waals surface area contributed by atoms with Gasteiger partial charge in [0.2, 0.25) is 0 Å². The van der Waals surface area contributed by atoms with Crippen molar-refractivity contribution in [1.82, 2.24) is 9.55 Å². The largest absolute Gasteiger partial charge is 0.383 e. The molecule has 1 unspecified atom stereocenters. The zero-order chi connectivity index (χ0) is 23.4. The zero-order valence-electron chi connectivity index (χ0n) is 19.2. The molecule has 2 fully saturated rings. The van der Waals surface area contributed by atoms with E-state index in [9.17, 15) is 9.69 Å². The van der Waals surface area contributed by atoms with Crippen LogP contribution >= 0.6 is 6.72 Å². The Kier molecular flexibility index (Phi) is 6.52. The second kappa shape index (κ2) is 8.17. The Balaban J connectivity index is 2.04. The Morgan fingerprint density at radius 3 is 2.61 bits per heavy atom. The number of anilines is 1. The number of hydrogen-bond donors (Lipinski definition) is 2. The van der Waals surface area contributed by atoms with E-state index in [-0.39, 0.29) is 11.2 Å². The number of rotatable bonds is 5. The van der Waals surface area contributed by atoms with Crippen molar-refractivity contribution in [3.8, 4) is 0 Å². The number of hydrogen-bond acceptors (Lipinski definition) is 8. The second-order valence-corrected chi connectivity index (χ2v) is 13.3. The summed E-state index contributed by atoms with van der Waals surface area (Å²) in [5, 5.41) is 0. The van der Waals surface area contributed by atoms with Gasteiger partial charge in [0.05, 0.1) is 12.2 Å². The van der Waals surface area contributed by atoms with Gasteiger partial charge in [-0.2, -0.15) is 4.98 Å². The molecule has 3 N–H and O–H groups in total. The van der Waals surface area contributed by atoms with Gasteiger partial charge in [-0.3, -0.25) is 9.09 Å². The monoisotopic (exact) mass is 475 g/mol. The molecule has 3 heterocycles. The molecular formula is C20H34N3O6PS. The summed E-state index contributed by atoms with van der Waals surface area (Å²) in [5.74, 6) is 0.171. The van der Waals surface area contributed by atoms with Crippen LogP contribution in [-0.4, -0.2) is 44.5 Å². The summed E-state index contributed by atoms with van der Waals surface area (Å²) in [6.07, 6.45) is 0.580. The Morgan fingerprint density at radius 2 is 2.03 bits per heavy atom. The van der Waals surface area contributed by atoms with Gasteiger partial charge in [0.1, 0.15) is 23.6 Å². The minimum Gasteiger partial charge on any atom is -0.383 e. The van der Waals surface area contributed by atoms with Gasteiger partial charge in [-0.1, -0.05) is 20.8 Å². The van der Waals surface area contributed by atoms with Crippen molar-refractivity contribution in [1.29, 1.82) is 0 Å². The van der Waals surface area contributed by atoms with Gasteiger partial charge in [0.15, 0.2) is 6.23 Å². The van der Waals surface area contributed by atoms with Crippen molar-refractivity contribution >= 4 is 24.3 Å². The molecule has 0 spiro atoms. The lowest BCUT2D eigenvalue weighted by Crippen LogP contribution is -2.52. The molecule has 2 saturated heterocycles. The van der Waals surface area contributed by atoms with Crippen LogP contribution < -0.4 is 11.4 Å². The van der Waals surface area contributed by atoms with Gasteiger partial charge in [-0.25, -0.2) is 4.79 Å². The average Bonchev–Trinajstić information content (AvgIpc) is 2.70. The van der Waals surface area contributed by atoms with Crippen LogP contribution in [0.15, 0.2) is 11.0 Å². The Bertz CT molecular complexity index is 940. The highest BCUT2D eigenvalue weighted by molar-refractivity contribution is 8.07. The smallest absolute Gasteiger partial charge is 0.351 e. The lowest BCUT2D eigenvalue weighted by molar-refractivity contribution is -0.134. The SMILES string of the molecule is Cc1cn([C@@H]2O[C@@]3(CC(C)(C)C)CCO[C@@H]2[C@@H]3OP(O)(=S)OC(C)(C)C)c(=O)nc1N. The predicted octanol–water partition coefficient (Wildman–Crippen LogP) is 3.04. The molecule has 9 nitrogen and oxygen atoms in total. The van der Waals surface area contributed by atoms with Crippen LogP contribution in [0.1, 0.15) is 66.2 Å². The molecule has 5 atom stereocenters. The van der Waals surface area contributed by atoms with Crippen LogP contribution in [0.2, 0.25) is 0 Å². The number of nitrogen functional groups attached to an aromatic ring is 1. The summed E-state index contributed by atoms with van der Waals surface area (Å²) in [6.45, 7) is 10.3. The van der Waals surface area contributed by atoms with Gasteiger partial charge in [-0.05, 0) is 51.3 Å². The lowest BCUT2D eigenvalue weighted by Gasteiger charge is -2.43. The van der Waals surface area contributed by atoms with Crippen LogP contribution in [0.25, 0.3) is 0 Å². The third-order valence-corrected chi connectivity index (χ3v) is 6.96. The predicted molar refractivity (Wildman–Crippen MR) is 121 cm³/mol. The summed E-state index contributed by atoms with van der Waals surface area (Å²) in [7, 11) is 0. The van der Waals surface area contributed by atoms with E-state index in [1.807, 2.05) is 0 Å². The molecule has 0 aliphatic carbocycles. The first-order valence-electron chi connectivity index (χ1n) is 10.4. The summed E-state index contributed by atoms with van der Waals surface area (Å²) in [4.78, 5) is 27.4. The molecule has 2 aliphatic rings. The molecule has 11 heteroatoms. The number of aromatic nitrogens is 2. The fraction of sp³-hybridized carbons (Fsp3) is 0.800. The highest BCUT2D eigenvalue weighted by Crippen LogP contribution is 2.57. The van der Waals surface area contributed by atoms with Crippen molar-refractivity contribution in [2.24, 2.45) is 5.41 Å². The van der Waals surface area contributed by atoms with Gasteiger partial charge in [0, 0.05) is 18.2 Å². The molecule has 0 saturated carbocycles. The number of ether oxygens (including phenoxy) is 2. The zero-order valence-corrected chi connectivity index (χ0v) is 21.0. The molecule has 1 aromatic heterocycles. The lowest BCUT2D eigenvalue weighted by atomic mass is 9.76. The van der Waals surface area contributed by atoms with Gasteiger partial charge in [-0.15, -0.1) is 0 Å². The van der Waals surface area contributed by atoms with Crippen molar-refractivity contribution in [2.45, 2.75) is 90.9 Å². The first-order chi connectivity index (χ1) is 14.0. The van der Waals surface area contributed by atoms with Crippen molar-refractivity contribution in [2.75, 3.05) is 12.3 Å². The van der Waals surface area contributed by atoms with E-state index in [1.165, 1.54) is 4.57 Å². The Labute approximate surface area is 188 Å². The quantitative estimate of drug-likeness (QED) is 0.620. The molecule has 0 amide bonds. The van der Waals surface area contributed by atoms with Crippen LogP contribution in [0, 0.1) is 12.3 Å². The maximum Gasteiger partial charge on any atom is 0.351 e. The van der Waals surface area contributed by atoms with E-state index in [0.29, 0.717) is 25.0 Å². The van der Waals surface area contributed by atoms with E-state index in [4.69, 9.17) is 36.1 Å². The van der Waals surface area contributed by atoms with E-state index in [2.05, 4.69) is 25.8 Å². The van der Waals surface area contributed by atoms with Gasteiger partial charge in [0.25, 0.3) is 0 Å². The minimum absolute atomic E-state index is 0.123. The summed E-state index contributed by atoms with van der Waals surface area (Å²) in [5.41, 5.74) is 4.28. The highest BCUT2D eigenvalue weighted by Gasteiger charge is 2.62. The summed E-state index contributed by atoms with van der Waals surface area (Å²) < 4.78 is 25.7. The van der Waals surface area contributed by atoms with Crippen molar-refractivity contribution in [3.63, 3.8) is 0 Å². The van der Waals surface area contributed by atoms with Crippen molar-refractivity contribution in [3.05, 3.63) is 22.2 Å². The third-order valence-electron chi connectivity index (χ3n) is 5.20. The van der Waals surface area contributed by atoms with Crippen LogP contribution in [0.5, 0.6) is 0 Å². The standard InChI is InChI=1S/C20H34N3O6PS/c1-12-10-23(17(24)22-15(12)21)16-13-14(28-30(25,31)29-19(5,6)7)20(27-16,8-9-26-13)11-18(2,3)4/h10,13-14,16H,8-9,11H2,1-7H3,(H,25,31)(H2,21,22,24)/t13-,14+,16-,20-,30?/m1/s1. The van der Waals surface area contributed by atoms with E-state index >= 15 is 0 Å². The second-order valence-electron chi connectivity index (χ2n) is 10.6. The molecule has 0 aromatic carbocycles. The number of aryl methyl sites for hydroxylation is 1. The molecule has 31 heavy (non-hydrogen) atoms. The van der Waals surface area contributed by atoms with Crippen LogP contribution in [0.4, 0.5) is 5.82 Å². The topological polar surface area (TPSA) is 118 Å². The van der Waals surface area contributed by atoms with Crippen LogP contribution in [-0.2, 0) is 30.3 Å². The van der Waals surface area contributed by atoms with E-state index < -0.39 is 42.0 Å². The molecule has 0 radical (unpaired) electrons. The van der Waals surface area contributed by atoms with Gasteiger partial charge >= 0.3 is 12.4 Å². The highest BCUT2D eigenvalue weighted by atomic mass is 32.5. The molecule has 176 valence electrons. The minimum atomic E-state index is -3.62. The molecule has 3 rings (SSSR count). The first kappa shape index (κ1) is 24.8. The third kappa shape index (κ3) is 5.55. The Morgan fingerprint density at radius 1 is 1.39 bits per heavy atom. The fourth-order valence-electron chi connectivity index (χ4n) is 4.33. The Hall–Kier alpha value is -0.870. The number of fused-ring (bicyclic) bond motifs is 2. The molecule has 1 aromatic rings. The molecule has 2 aliphatic heterocycles. The van der Waals surface area contributed by atoms with Gasteiger partial charge < -0.3 is 24.6 Å². The average molecular weight is 476 g/mol. The number of nitrogens with zero attached hydrogens (tertiary/aromatic N) is 2. The number of nitrogens with two attached hydrogens (primary N) is 1. The summed E-state index contributed by atoms with van der Waals surface area (Å²) >= 11 is 5.33. The summed E-state index contributed by atoms with van der Waals surface area (Å²) in [6, 6.07) is 0. The maximum absolute atomic E-state index is 12.6. The normalized spacial score (nSPS) is 30.9. The van der Waals surface area contributed by atoms with E-state index in [1.54, 1.807) is 33.9 Å². The molecule has 2 bridgehead atoms. The molecular weight excluding hydrogens is 441 g/mol. The fourth-order valence-corrected chi connectivity index (χ4v) is 6.62.